The molecule has 1 aromatic carbocycles. The standard InChI is InChI=1S/C16H20N6O6/c17-16(18)21-10-3-1-2-9(6-10)14(27)20-8-12(24)22-11(7-13(25)26)15(28)19-4-5-23/h2,6,11,23H,4-5,7-8H2,(H,19,28)(H,20,27)(H,22,24)(H,25,26)(H4,17,18,21). The predicted molar refractivity (Wildman–Crippen MR) is 96.2 cm³/mol. The summed E-state index contributed by atoms with van der Waals surface area (Å²) >= 11 is 0. The number of aliphatic imine (C=N–C) groups is 1. The fourth-order valence-electron chi connectivity index (χ4n) is 1.94. The summed E-state index contributed by atoms with van der Waals surface area (Å²) in [5, 5.41) is 24.3. The smallest absolute Gasteiger partial charge is 0.305 e. The zero-order valence-electron chi connectivity index (χ0n) is 14.7. The number of aliphatic hydroxyl groups is 1. The van der Waals surface area contributed by atoms with Gasteiger partial charge in [0.25, 0.3) is 5.91 Å². The lowest BCUT2D eigenvalue weighted by atomic mass is 10.2. The van der Waals surface area contributed by atoms with Gasteiger partial charge in [-0.05, 0) is 12.1 Å². The number of carbonyl (C=O) groups excluding carboxylic acids is 3. The summed E-state index contributed by atoms with van der Waals surface area (Å²) in [6.45, 7) is -0.956. The highest BCUT2D eigenvalue weighted by atomic mass is 16.4. The monoisotopic (exact) mass is 392 g/mol. The average Bonchev–Trinajstić information content (AvgIpc) is 2.62. The molecule has 12 heteroatoms. The number of nitrogens with two attached hydrogens (primary N) is 2. The van der Waals surface area contributed by atoms with Gasteiger partial charge >= 0.3 is 5.97 Å². The van der Waals surface area contributed by atoms with Gasteiger partial charge in [-0.2, -0.15) is 0 Å². The van der Waals surface area contributed by atoms with Crippen LogP contribution in [0.2, 0.25) is 0 Å². The molecule has 0 bridgehead atoms. The van der Waals surface area contributed by atoms with Crippen LogP contribution in [-0.4, -0.2) is 65.6 Å². The molecule has 1 aromatic rings. The fourth-order valence-corrected chi connectivity index (χ4v) is 1.94. The molecule has 0 aliphatic carbocycles. The Labute approximate surface area is 160 Å². The van der Waals surface area contributed by atoms with Gasteiger partial charge in [-0.1, -0.05) is 6.07 Å². The lowest BCUT2D eigenvalue weighted by Gasteiger charge is -2.16. The zero-order chi connectivity index (χ0) is 21.1. The van der Waals surface area contributed by atoms with Crippen LogP contribution in [0.5, 0.6) is 0 Å². The third kappa shape index (κ3) is 8.02. The van der Waals surface area contributed by atoms with Crippen LogP contribution in [0.25, 0.3) is 0 Å². The first-order valence-electron chi connectivity index (χ1n) is 7.94. The van der Waals surface area contributed by atoms with Crippen LogP contribution in [-0.2, 0) is 14.4 Å². The number of amides is 3. The summed E-state index contributed by atoms with van der Waals surface area (Å²) in [5.41, 5.74) is 10.7. The number of guanidine groups is 1. The van der Waals surface area contributed by atoms with E-state index in [4.69, 9.17) is 21.7 Å². The molecular weight excluding hydrogens is 372 g/mol. The highest BCUT2D eigenvalue weighted by molar-refractivity contribution is 5.98. The Kier molecular flexibility index (Phi) is 8.71. The molecule has 3 amide bonds. The Morgan fingerprint density at radius 3 is 2.54 bits per heavy atom. The molecule has 0 fully saturated rings. The Morgan fingerprint density at radius 2 is 1.93 bits per heavy atom. The van der Waals surface area contributed by atoms with E-state index < -0.39 is 42.7 Å². The minimum absolute atomic E-state index is 0.0960. The first-order chi connectivity index (χ1) is 13.2. The molecule has 0 radical (unpaired) electrons. The van der Waals surface area contributed by atoms with Gasteiger partial charge in [0, 0.05) is 12.6 Å². The molecule has 0 aliphatic rings. The molecule has 28 heavy (non-hydrogen) atoms. The number of hydrogen-bond acceptors (Lipinski definition) is 6. The molecule has 0 aromatic heterocycles. The van der Waals surface area contributed by atoms with E-state index in [2.05, 4.69) is 33.1 Å². The number of aliphatic carboxylic acids is 1. The summed E-state index contributed by atoms with van der Waals surface area (Å²) < 4.78 is 0. The molecule has 0 saturated heterocycles. The molecule has 0 saturated carbocycles. The third-order valence-electron chi connectivity index (χ3n) is 3.08. The van der Waals surface area contributed by atoms with Gasteiger partial charge in [-0.3, -0.25) is 19.2 Å². The van der Waals surface area contributed by atoms with E-state index in [1.165, 1.54) is 12.1 Å². The number of carboxylic acids is 1. The van der Waals surface area contributed by atoms with Crippen molar-refractivity contribution in [3.8, 4) is 0 Å². The molecule has 0 spiro atoms. The summed E-state index contributed by atoms with van der Waals surface area (Å²) in [4.78, 5) is 50.4. The van der Waals surface area contributed by atoms with Gasteiger partial charge in [0.2, 0.25) is 11.8 Å². The van der Waals surface area contributed by atoms with E-state index >= 15 is 0 Å². The summed E-state index contributed by atoms with van der Waals surface area (Å²) in [5.74, 6) is -3.74. The predicted octanol–water partition coefficient (Wildman–Crippen LogP) is -3.01. The summed E-state index contributed by atoms with van der Waals surface area (Å²) in [7, 11) is 0. The number of nitrogens with one attached hydrogen (secondary N) is 3. The molecule has 1 unspecified atom stereocenters. The van der Waals surface area contributed by atoms with E-state index in [0.717, 1.165) is 0 Å². The highest BCUT2D eigenvalue weighted by Crippen LogP contribution is 2.09. The quantitative estimate of drug-likeness (QED) is 0.161. The first-order valence-corrected chi connectivity index (χ1v) is 7.94. The Bertz CT molecular complexity index is 762. The molecule has 9 N–H and O–H groups in total. The van der Waals surface area contributed by atoms with Crippen LogP contribution < -0.4 is 27.4 Å². The second kappa shape index (κ2) is 11.0. The van der Waals surface area contributed by atoms with Crippen molar-refractivity contribution in [3.05, 3.63) is 29.8 Å². The van der Waals surface area contributed by atoms with E-state index in [1.54, 1.807) is 0 Å². The van der Waals surface area contributed by atoms with E-state index in [9.17, 15) is 19.2 Å². The van der Waals surface area contributed by atoms with Crippen molar-refractivity contribution in [1.82, 2.24) is 16.0 Å². The third-order valence-corrected chi connectivity index (χ3v) is 3.08. The van der Waals surface area contributed by atoms with Crippen molar-refractivity contribution in [3.63, 3.8) is 0 Å². The first kappa shape index (κ1) is 22.2. The number of nitrogens with zero attached hydrogens (tertiary/aromatic N) is 1. The second-order valence-electron chi connectivity index (χ2n) is 5.35. The molecule has 12 nitrogen and oxygen atoms in total. The van der Waals surface area contributed by atoms with Crippen molar-refractivity contribution in [2.45, 2.75) is 12.5 Å². The molecule has 0 heterocycles. The maximum Gasteiger partial charge on any atom is 0.305 e. The van der Waals surface area contributed by atoms with Gasteiger partial charge in [0.05, 0.1) is 25.1 Å². The van der Waals surface area contributed by atoms with Crippen LogP contribution in [0, 0.1) is 12.1 Å². The topological polar surface area (TPSA) is 209 Å². The van der Waals surface area contributed by atoms with E-state index in [-0.39, 0.29) is 30.4 Å². The number of rotatable bonds is 10. The Morgan fingerprint density at radius 1 is 1.21 bits per heavy atom. The largest absolute Gasteiger partial charge is 0.481 e. The zero-order valence-corrected chi connectivity index (χ0v) is 14.7. The number of carbonyl (C=O) groups is 4. The van der Waals surface area contributed by atoms with Gasteiger partial charge < -0.3 is 37.6 Å². The highest BCUT2D eigenvalue weighted by Gasteiger charge is 2.23. The summed E-state index contributed by atoms with van der Waals surface area (Å²) in [6.07, 6.45) is -0.664. The SMILES string of the molecule is NC(N)=Nc1c#ccc(C(=O)NCC(=O)NC(CC(=O)O)C(=O)NCCO)c1. The van der Waals surface area contributed by atoms with Crippen LogP contribution in [0.4, 0.5) is 5.69 Å². The molecule has 1 atom stereocenters. The fraction of sp³-hybridized carbons (Fsp3) is 0.312. The summed E-state index contributed by atoms with van der Waals surface area (Å²) in [6, 6.07) is 6.39. The lowest BCUT2D eigenvalue weighted by Crippen LogP contribution is -2.50. The number of carboxylic acid groups (broad SMARTS) is 1. The van der Waals surface area contributed by atoms with Crippen molar-refractivity contribution in [2.75, 3.05) is 19.7 Å². The van der Waals surface area contributed by atoms with Crippen LogP contribution in [0.1, 0.15) is 16.8 Å². The van der Waals surface area contributed by atoms with Crippen molar-refractivity contribution < 1.29 is 29.4 Å². The molecular formula is C16H20N6O6. The minimum atomic E-state index is -1.36. The molecule has 150 valence electrons. The van der Waals surface area contributed by atoms with Gasteiger partial charge in [-0.15, -0.1) is 0 Å². The maximum atomic E-state index is 12.1. The number of hydrogen-bond donors (Lipinski definition) is 7. The van der Waals surface area contributed by atoms with Crippen molar-refractivity contribution >= 4 is 35.3 Å². The van der Waals surface area contributed by atoms with E-state index in [1.807, 2.05) is 0 Å². The second-order valence-corrected chi connectivity index (χ2v) is 5.35. The Hall–Kier alpha value is -3.85. The average molecular weight is 392 g/mol. The van der Waals surface area contributed by atoms with E-state index in [0.29, 0.717) is 0 Å². The molecule has 0 aliphatic heterocycles. The minimum Gasteiger partial charge on any atom is -0.481 e. The van der Waals surface area contributed by atoms with Crippen LogP contribution in [0.3, 0.4) is 0 Å². The van der Waals surface area contributed by atoms with Crippen molar-refractivity contribution in [1.29, 1.82) is 0 Å². The maximum absolute atomic E-state index is 12.1. The number of aliphatic hydroxyl groups excluding tert-OH is 1. The molecule has 1 rings (SSSR count). The van der Waals surface area contributed by atoms with Crippen LogP contribution >= 0.6 is 0 Å². The van der Waals surface area contributed by atoms with Crippen molar-refractivity contribution in [2.24, 2.45) is 16.5 Å². The van der Waals surface area contributed by atoms with Crippen LogP contribution in [0.15, 0.2) is 17.1 Å². The van der Waals surface area contributed by atoms with Gasteiger partial charge in [0.15, 0.2) is 5.96 Å². The van der Waals surface area contributed by atoms with Gasteiger partial charge in [-0.25, -0.2) is 4.99 Å². The van der Waals surface area contributed by atoms with Gasteiger partial charge in [0.1, 0.15) is 11.7 Å². The lowest BCUT2D eigenvalue weighted by molar-refractivity contribution is -0.140. The Balaban J connectivity index is 2.66. The normalized spacial score (nSPS) is 10.8.